The van der Waals surface area contributed by atoms with Crippen LogP contribution >= 0.6 is 50.1 Å². The summed E-state index contributed by atoms with van der Waals surface area (Å²) in [5, 5.41) is 0.637. The van der Waals surface area contributed by atoms with E-state index in [4.69, 9.17) is 21.1 Å². The van der Waals surface area contributed by atoms with Crippen molar-refractivity contribution in [1.29, 1.82) is 0 Å². The van der Waals surface area contributed by atoms with Gasteiger partial charge in [0.1, 0.15) is 5.75 Å². The molecule has 0 bridgehead atoms. The first-order valence-electron chi connectivity index (χ1n) is 3.41. The maximum absolute atomic E-state index is 5.85. The minimum Gasteiger partial charge on any atom is -0.466 e. The summed E-state index contributed by atoms with van der Waals surface area (Å²) in [5.74, 6) is 0.724. The Balaban J connectivity index is 2.92. The molecule has 0 radical (unpaired) electrons. The molecule has 0 aliphatic carbocycles. The Morgan fingerprint density at radius 2 is 2.23 bits per heavy atom. The topological polar surface area (TPSA) is 18.5 Å². The SMILES string of the molecule is COCOc1cc(Cl)cc(Br)c1I. The highest BCUT2D eigenvalue weighted by Gasteiger charge is 2.06. The Bertz CT molecular complexity index is 306. The van der Waals surface area contributed by atoms with Gasteiger partial charge in [0.25, 0.3) is 0 Å². The van der Waals surface area contributed by atoms with Crippen LogP contribution in [0.25, 0.3) is 0 Å². The number of methoxy groups -OCH3 is 1. The van der Waals surface area contributed by atoms with E-state index in [-0.39, 0.29) is 6.79 Å². The van der Waals surface area contributed by atoms with Crippen LogP contribution in [0, 0.1) is 3.57 Å². The second kappa shape index (κ2) is 5.38. The van der Waals surface area contributed by atoms with Gasteiger partial charge in [-0.05, 0) is 44.6 Å². The van der Waals surface area contributed by atoms with Crippen molar-refractivity contribution < 1.29 is 9.47 Å². The summed E-state index contributed by atoms with van der Waals surface area (Å²) in [6.07, 6.45) is 0. The molecule has 0 fully saturated rings. The summed E-state index contributed by atoms with van der Waals surface area (Å²) in [5.41, 5.74) is 0. The molecule has 1 rings (SSSR count). The van der Waals surface area contributed by atoms with E-state index in [1.807, 2.05) is 6.07 Å². The van der Waals surface area contributed by atoms with E-state index < -0.39 is 0 Å². The van der Waals surface area contributed by atoms with Crippen molar-refractivity contribution in [2.24, 2.45) is 0 Å². The third kappa shape index (κ3) is 3.27. The van der Waals surface area contributed by atoms with E-state index in [1.165, 1.54) is 0 Å². The standard InChI is InChI=1S/C8H7BrClIO2/c1-12-4-13-7-3-5(10)2-6(9)8(7)11/h2-3H,4H2,1H3. The molecule has 1 aromatic rings. The molecule has 0 aliphatic heterocycles. The van der Waals surface area contributed by atoms with Crippen LogP contribution in [-0.2, 0) is 4.74 Å². The maximum Gasteiger partial charge on any atom is 0.188 e. The van der Waals surface area contributed by atoms with Crippen molar-refractivity contribution in [3.05, 3.63) is 25.2 Å². The Morgan fingerprint density at radius 3 is 2.85 bits per heavy atom. The molecule has 0 saturated carbocycles. The molecule has 0 atom stereocenters. The Hall–Kier alpha value is 0.480. The normalized spacial score (nSPS) is 10.2. The van der Waals surface area contributed by atoms with Gasteiger partial charge in [0.2, 0.25) is 0 Å². The quantitative estimate of drug-likeness (QED) is 0.454. The van der Waals surface area contributed by atoms with Crippen LogP contribution in [-0.4, -0.2) is 13.9 Å². The van der Waals surface area contributed by atoms with Crippen molar-refractivity contribution in [3.8, 4) is 5.75 Å². The van der Waals surface area contributed by atoms with Gasteiger partial charge in [-0.25, -0.2) is 0 Å². The predicted octanol–water partition coefficient (Wildman–Crippen LogP) is 3.69. The molecule has 13 heavy (non-hydrogen) atoms. The first kappa shape index (κ1) is 11.6. The lowest BCUT2D eigenvalue weighted by atomic mass is 10.3. The smallest absolute Gasteiger partial charge is 0.188 e. The van der Waals surface area contributed by atoms with E-state index in [2.05, 4.69) is 38.5 Å². The molecule has 2 nitrogen and oxygen atoms in total. The molecule has 5 heteroatoms. The molecular formula is C8H7BrClIO2. The molecule has 0 N–H and O–H groups in total. The fourth-order valence-electron chi connectivity index (χ4n) is 0.760. The number of rotatable bonds is 3. The Morgan fingerprint density at radius 1 is 1.54 bits per heavy atom. The van der Waals surface area contributed by atoms with Crippen molar-refractivity contribution in [3.63, 3.8) is 0 Å². The second-order valence-corrected chi connectivity index (χ2v) is 4.62. The number of benzene rings is 1. The number of halogens is 3. The van der Waals surface area contributed by atoms with Gasteiger partial charge < -0.3 is 9.47 Å². The first-order valence-corrected chi connectivity index (χ1v) is 5.66. The third-order valence-corrected chi connectivity index (χ3v) is 3.99. The lowest BCUT2D eigenvalue weighted by molar-refractivity contribution is 0.0505. The highest BCUT2D eigenvalue weighted by molar-refractivity contribution is 14.1. The summed E-state index contributed by atoms with van der Waals surface area (Å²) < 4.78 is 12.0. The average molecular weight is 377 g/mol. The van der Waals surface area contributed by atoms with E-state index in [0.29, 0.717) is 5.02 Å². The number of hydrogen-bond donors (Lipinski definition) is 0. The predicted molar refractivity (Wildman–Crippen MR) is 64.4 cm³/mol. The first-order chi connectivity index (χ1) is 6.15. The fourth-order valence-corrected chi connectivity index (χ4v) is 2.01. The summed E-state index contributed by atoms with van der Waals surface area (Å²) in [4.78, 5) is 0. The van der Waals surface area contributed by atoms with Crippen LogP contribution in [0.3, 0.4) is 0 Å². The molecule has 0 spiro atoms. The van der Waals surface area contributed by atoms with Crippen LogP contribution < -0.4 is 4.74 Å². The van der Waals surface area contributed by atoms with Gasteiger partial charge in [0.05, 0.1) is 3.57 Å². The largest absolute Gasteiger partial charge is 0.466 e. The van der Waals surface area contributed by atoms with E-state index in [1.54, 1.807) is 13.2 Å². The maximum atomic E-state index is 5.85. The molecular weight excluding hydrogens is 370 g/mol. The molecule has 72 valence electrons. The average Bonchev–Trinajstić information content (AvgIpc) is 2.09. The molecule has 0 amide bonds. The van der Waals surface area contributed by atoms with Crippen LogP contribution in [0.1, 0.15) is 0 Å². The van der Waals surface area contributed by atoms with Gasteiger partial charge in [-0.1, -0.05) is 11.6 Å². The van der Waals surface area contributed by atoms with Crippen LogP contribution in [0.15, 0.2) is 16.6 Å². The van der Waals surface area contributed by atoms with Gasteiger partial charge in [0.15, 0.2) is 6.79 Å². The van der Waals surface area contributed by atoms with Crippen molar-refractivity contribution in [2.75, 3.05) is 13.9 Å². The van der Waals surface area contributed by atoms with Gasteiger partial charge in [0, 0.05) is 22.7 Å². The van der Waals surface area contributed by atoms with E-state index in [9.17, 15) is 0 Å². The molecule has 1 aromatic carbocycles. The van der Waals surface area contributed by atoms with Crippen molar-refractivity contribution in [2.45, 2.75) is 0 Å². The molecule has 0 heterocycles. The monoisotopic (exact) mass is 376 g/mol. The molecule has 0 aromatic heterocycles. The van der Waals surface area contributed by atoms with E-state index >= 15 is 0 Å². The lowest BCUT2D eigenvalue weighted by Gasteiger charge is -2.08. The summed E-state index contributed by atoms with van der Waals surface area (Å²) in [7, 11) is 1.58. The molecule has 0 saturated heterocycles. The highest BCUT2D eigenvalue weighted by Crippen LogP contribution is 2.32. The minimum atomic E-state index is 0.225. The van der Waals surface area contributed by atoms with Crippen LogP contribution in [0.5, 0.6) is 5.75 Å². The summed E-state index contributed by atoms with van der Waals surface area (Å²) in [6, 6.07) is 3.58. The van der Waals surface area contributed by atoms with Gasteiger partial charge in [-0.3, -0.25) is 0 Å². The number of hydrogen-bond acceptors (Lipinski definition) is 2. The highest BCUT2D eigenvalue weighted by atomic mass is 127. The van der Waals surface area contributed by atoms with Crippen molar-refractivity contribution in [1.82, 2.24) is 0 Å². The second-order valence-electron chi connectivity index (χ2n) is 2.25. The third-order valence-electron chi connectivity index (χ3n) is 1.29. The zero-order valence-corrected chi connectivity index (χ0v) is 11.3. The zero-order chi connectivity index (χ0) is 9.84. The summed E-state index contributed by atoms with van der Waals surface area (Å²) in [6.45, 7) is 0.225. The fraction of sp³-hybridized carbons (Fsp3) is 0.250. The zero-order valence-electron chi connectivity index (χ0n) is 6.81. The molecule has 0 aliphatic rings. The van der Waals surface area contributed by atoms with Gasteiger partial charge >= 0.3 is 0 Å². The lowest BCUT2D eigenvalue weighted by Crippen LogP contribution is -2.00. The van der Waals surface area contributed by atoms with Gasteiger partial charge in [-0.15, -0.1) is 0 Å². The summed E-state index contributed by atoms with van der Waals surface area (Å²) >= 11 is 11.4. The number of ether oxygens (including phenoxy) is 2. The van der Waals surface area contributed by atoms with E-state index in [0.717, 1.165) is 13.8 Å². The van der Waals surface area contributed by atoms with Gasteiger partial charge in [-0.2, -0.15) is 0 Å². The van der Waals surface area contributed by atoms with Crippen LogP contribution in [0.4, 0.5) is 0 Å². The Labute approximate surface area is 104 Å². The van der Waals surface area contributed by atoms with Crippen LogP contribution in [0.2, 0.25) is 5.02 Å². The molecule has 0 unspecified atom stereocenters. The minimum absolute atomic E-state index is 0.225. The Kier molecular flexibility index (Phi) is 4.78. The van der Waals surface area contributed by atoms with Crippen molar-refractivity contribution >= 4 is 50.1 Å².